The predicted molar refractivity (Wildman–Crippen MR) is 101 cm³/mol. The van der Waals surface area contributed by atoms with Crippen LogP contribution in [0.15, 0.2) is 77.2 Å². The average molecular weight is 325 g/mol. The minimum Gasteiger partial charge on any atom is -0.493 e. The van der Waals surface area contributed by atoms with Crippen LogP contribution in [-0.2, 0) is 0 Å². The van der Waals surface area contributed by atoms with Crippen LogP contribution in [0.2, 0.25) is 0 Å². The minimum absolute atomic E-state index is 0.733. The zero-order chi connectivity index (χ0) is 16.8. The van der Waals surface area contributed by atoms with Crippen molar-refractivity contribution < 1.29 is 9.15 Å². The quantitative estimate of drug-likeness (QED) is 0.411. The van der Waals surface area contributed by atoms with Crippen LogP contribution in [0.1, 0.15) is 0 Å². The zero-order valence-electron chi connectivity index (χ0n) is 13.7. The van der Waals surface area contributed by atoms with E-state index >= 15 is 0 Å². The number of fused-ring (bicyclic) bond motifs is 5. The largest absolute Gasteiger partial charge is 0.493 e. The molecule has 3 heteroatoms. The van der Waals surface area contributed by atoms with E-state index in [4.69, 9.17) is 14.1 Å². The lowest BCUT2D eigenvalue weighted by Crippen LogP contribution is -1.87. The van der Waals surface area contributed by atoms with Gasteiger partial charge in [-0.05, 0) is 12.1 Å². The van der Waals surface area contributed by atoms with Crippen molar-refractivity contribution in [1.82, 2.24) is 4.98 Å². The number of ether oxygens (including phenoxy) is 1. The first-order valence-corrected chi connectivity index (χ1v) is 8.20. The summed E-state index contributed by atoms with van der Waals surface area (Å²) in [6.07, 6.45) is 0. The van der Waals surface area contributed by atoms with E-state index in [1.54, 1.807) is 7.11 Å². The van der Waals surface area contributed by atoms with Crippen LogP contribution < -0.4 is 4.74 Å². The minimum atomic E-state index is 0.733. The first kappa shape index (κ1) is 14.1. The first-order chi connectivity index (χ1) is 12.4. The Balaban J connectivity index is 2.04. The van der Waals surface area contributed by atoms with Gasteiger partial charge in [-0.25, -0.2) is 4.98 Å². The normalized spacial score (nSPS) is 11.4. The fourth-order valence-electron chi connectivity index (χ4n) is 3.43. The molecule has 0 fully saturated rings. The van der Waals surface area contributed by atoms with Gasteiger partial charge in [0.05, 0.1) is 12.6 Å². The topological polar surface area (TPSA) is 35.3 Å². The van der Waals surface area contributed by atoms with Crippen molar-refractivity contribution in [2.45, 2.75) is 0 Å². The molecule has 0 unspecified atom stereocenters. The number of nitrogens with zero attached hydrogens (tertiary/aromatic N) is 1. The summed E-state index contributed by atoms with van der Waals surface area (Å²) in [6.45, 7) is 0. The number of rotatable bonds is 2. The molecule has 0 atom stereocenters. The van der Waals surface area contributed by atoms with Crippen molar-refractivity contribution >= 4 is 32.8 Å². The first-order valence-electron chi connectivity index (χ1n) is 8.20. The molecule has 2 heterocycles. The molecule has 0 amide bonds. The fraction of sp³-hybridized carbons (Fsp3) is 0.0455. The van der Waals surface area contributed by atoms with Gasteiger partial charge in [-0.3, -0.25) is 0 Å². The number of furan rings is 1. The van der Waals surface area contributed by atoms with Crippen LogP contribution in [0.4, 0.5) is 0 Å². The summed E-state index contributed by atoms with van der Waals surface area (Å²) in [7, 11) is 1.66. The summed E-state index contributed by atoms with van der Waals surface area (Å²) < 4.78 is 11.8. The van der Waals surface area contributed by atoms with Crippen molar-refractivity contribution in [1.29, 1.82) is 0 Å². The van der Waals surface area contributed by atoms with Crippen LogP contribution in [0.5, 0.6) is 5.75 Å². The van der Waals surface area contributed by atoms with Gasteiger partial charge in [-0.2, -0.15) is 0 Å². The SMILES string of the molecule is COc1cccc2c1oc1c(-c3ccccc3)nc3ccccc3c12. The molecule has 5 rings (SSSR count). The number of hydrogen-bond acceptors (Lipinski definition) is 3. The van der Waals surface area contributed by atoms with E-state index in [1.807, 2.05) is 48.5 Å². The highest BCUT2D eigenvalue weighted by Gasteiger charge is 2.19. The van der Waals surface area contributed by atoms with Gasteiger partial charge in [-0.1, -0.05) is 60.7 Å². The van der Waals surface area contributed by atoms with Crippen molar-refractivity contribution in [2.75, 3.05) is 7.11 Å². The van der Waals surface area contributed by atoms with Crippen molar-refractivity contribution in [3.05, 3.63) is 72.8 Å². The molecule has 2 aromatic heterocycles. The Hall–Kier alpha value is -3.33. The number of methoxy groups -OCH3 is 1. The van der Waals surface area contributed by atoms with Crippen molar-refractivity contribution in [3.8, 4) is 17.0 Å². The molecule has 0 saturated heterocycles. The van der Waals surface area contributed by atoms with Gasteiger partial charge in [0, 0.05) is 21.7 Å². The number of para-hydroxylation sites is 2. The highest BCUT2D eigenvalue weighted by molar-refractivity contribution is 6.21. The maximum Gasteiger partial charge on any atom is 0.177 e. The summed E-state index contributed by atoms with van der Waals surface area (Å²) in [5, 5.41) is 3.22. The smallest absolute Gasteiger partial charge is 0.177 e. The second-order valence-electron chi connectivity index (χ2n) is 5.99. The number of aromatic nitrogens is 1. The molecular formula is C22H15NO2. The maximum atomic E-state index is 6.28. The van der Waals surface area contributed by atoms with Gasteiger partial charge in [0.2, 0.25) is 0 Å². The molecule has 0 aliphatic heterocycles. The van der Waals surface area contributed by atoms with E-state index < -0.39 is 0 Å². The van der Waals surface area contributed by atoms with Crippen molar-refractivity contribution in [3.63, 3.8) is 0 Å². The molecule has 0 spiro atoms. The van der Waals surface area contributed by atoms with E-state index in [0.717, 1.165) is 49.8 Å². The van der Waals surface area contributed by atoms with Gasteiger partial charge in [0.15, 0.2) is 16.9 Å². The van der Waals surface area contributed by atoms with Gasteiger partial charge in [0.1, 0.15) is 5.69 Å². The van der Waals surface area contributed by atoms with Crippen LogP contribution in [0.25, 0.3) is 44.1 Å². The van der Waals surface area contributed by atoms with Crippen LogP contribution >= 0.6 is 0 Å². The molecular weight excluding hydrogens is 310 g/mol. The molecule has 0 bridgehead atoms. The number of hydrogen-bond donors (Lipinski definition) is 0. The lowest BCUT2D eigenvalue weighted by molar-refractivity contribution is 0.412. The van der Waals surface area contributed by atoms with Gasteiger partial charge in [0.25, 0.3) is 0 Å². The summed E-state index contributed by atoms with van der Waals surface area (Å²) in [5.41, 5.74) is 4.41. The van der Waals surface area contributed by atoms with Gasteiger partial charge >= 0.3 is 0 Å². The molecule has 5 aromatic rings. The van der Waals surface area contributed by atoms with Gasteiger partial charge in [-0.15, -0.1) is 0 Å². The second kappa shape index (κ2) is 5.35. The highest BCUT2D eigenvalue weighted by atomic mass is 16.5. The third kappa shape index (κ3) is 2.02. The van der Waals surface area contributed by atoms with Crippen LogP contribution in [-0.4, -0.2) is 12.1 Å². The monoisotopic (exact) mass is 325 g/mol. The fourth-order valence-corrected chi connectivity index (χ4v) is 3.43. The summed E-state index contributed by atoms with van der Waals surface area (Å²) >= 11 is 0. The molecule has 0 aliphatic rings. The molecule has 0 saturated carbocycles. The Bertz CT molecular complexity index is 1220. The highest BCUT2D eigenvalue weighted by Crippen LogP contribution is 2.41. The van der Waals surface area contributed by atoms with Crippen molar-refractivity contribution in [2.24, 2.45) is 0 Å². The maximum absolute atomic E-state index is 6.28. The Morgan fingerprint density at radius 1 is 0.760 bits per heavy atom. The molecule has 120 valence electrons. The predicted octanol–water partition coefficient (Wildman–Crippen LogP) is 5.81. The summed E-state index contributed by atoms with van der Waals surface area (Å²) in [4.78, 5) is 4.89. The molecule has 0 aliphatic carbocycles. The zero-order valence-corrected chi connectivity index (χ0v) is 13.7. The lowest BCUT2D eigenvalue weighted by atomic mass is 10.0. The van der Waals surface area contributed by atoms with E-state index in [-0.39, 0.29) is 0 Å². The lowest BCUT2D eigenvalue weighted by Gasteiger charge is -2.05. The molecule has 3 nitrogen and oxygen atoms in total. The van der Waals surface area contributed by atoms with E-state index in [0.29, 0.717) is 0 Å². The summed E-state index contributed by atoms with van der Waals surface area (Å²) in [5.74, 6) is 0.733. The van der Waals surface area contributed by atoms with E-state index in [9.17, 15) is 0 Å². The Morgan fingerprint density at radius 3 is 2.36 bits per heavy atom. The summed E-state index contributed by atoms with van der Waals surface area (Å²) in [6, 6.07) is 24.3. The molecule has 0 radical (unpaired) electrons. The number of pyridine rings is 1. The van der Waals surface area contributed by atoms with Crippen LogP contribution in [0, 0.1) is 0 Å². The standard InChI is InChI=1S/C22H15NO2/c1-24-18-13-7-11-16-19-15-10-5-6-12-17(15)23-20(22(19)25-21(16)18)14-8-3-2-4-9-14/h2-13H,1H3. The average Bonchev–Trinajstić information content (AvgIpc) is 3.08. The Kier molecular flexibility index (Phi) is 3.01. The Labute approximate surface area is 144 Å². The molecule has 3 aromatic carbocycles. The molecule has 0 N–H and O–H groups in total. The molecule has 25 heavy (non-hydrogen) atoms. The van der Waals surface area contributed by atoms with Gasteiger partial charge < -0.3 is 9.15 Å². The number of benzene rings is 3. The van der Waals surface area contributed by atoms with Crippen LogP contribution in [0.3, 0.4) is 0 Å². The van der Waals surface area contributed by atoms with E-state index in [2.05, 4.69) is 24.3 Å². The third-order valence-corrected chi connectivity index (χ3v) is 4.57. The second-order valence-corrected chi connectivity index (χ2v) is 5.99. The Morgan fingerprint density at radius 2 is 1.52 bits per heavy atom. The third-order valence-electron chi connectivity index (χ3n) is 4.57. The van der Waals surface area contributed by atoms with E-state index in [1.165, 1.54) is 0 Å².